The van der Waals surface area contributed by atoms with Gasteiger partial charge in [-0.2, -0.15) is 16.4 Å². The maximum atomic E-state index is 3.90. The van der Waals surface area contributed by atoms with Gasteiger partial charge >= 0.3 is 0 Å². The van der Waals surface area contributed by atoms with Crippen LogP contribution >= 0.6 is 11.3 Å². The van der Waals surface area contributed by atoms with Gasteiger partial charge in [-0.1, -0.05) is 0 Å². The molecule has 0 amide bonds. The average molecular weight is 207 g/mol. The first-order valence-corrected chi connectivity index (χ1v) is 5.54. The third-order valence-corrected chi connectivity index (χ3v) is 2.90. The molecule has 0 saturated heterocycles. The average Bonchev–Trinajstić information content (AvgIpc) is 2.87. The summed E-state index contributed by atoms with van der Waals surface area (Å²) in [4.78, 5) is 0. The first-order valence-electron chi connectivity index (χ1n) is 4.60. The fraction of sp³-hybridized carbons (Fsp3) is 0.300. The minimum atomic E-state index is 0.393. The molecular weight excluding hydrogens is 194 g/mol. The van der Waals surface area contributed by atoms with E-state index in [1.54, 1.807) is 17.5 Å². The topological polar surface area (TPSA) is 40.7 Å². The zero-order chi connectivity index (χ0) is 9.80. The van der Waals surface area contributed by atoms with Gasteiger partial charge < -0.3 is 5.32 Å². The molecule has 0 saturated carbocycles. The molecule has 3 nitrogen and oxygen atoms in total. The molecule has 0 aliphatic carbocycles. The van der Waals surface area contributed by atoms with Crippen LogP contribution in [0.4, 0.5) is 0 Å². The summed E-state index contributed by atoms with van der Waals surface area (Å²) in [5.74, 6) is 0. The Bertz CT molecular complexity index is 353. The van der Waals surface area contributed by atoms with Crippen molar-refractivity contribution in [3.63, 3.8) is 0 Å². The molecule has 2 rings (SSSR count). The summed E-state index contributed by atoms with van der Waals surface area (Å²) in [6.45, 7) is 3.00. The maximum Gasteiger partial charge on any atom is 0.0490 e. The summed E-state index contributed by atoms with van der Waals surface area (Å²) in [5, 5.41) is 14.5. The van der Waals surface area contributed by atoms with Crippen molar-refractivity contribution in [1.82, 2.24) is 15.5 Å². The number of aromatic amines is 1. The van der Waals surface area contributed by atoms with Crippen molar-refractivity contribution in [1.29, 1.82) is 0 Å². The Labute approximate surface area is 87.2 Å². The largest absolute Gasteiger partial charge is 0.305 e. The third kappa shape index (κ3) is 2.21. The Hall–Kier alpha value is -1.13. The molecule has 2 aromatic rings. The van der Waals surface area contributed by atoms with Crippen LogP contribution in [-0.4, -0.2) is 10.2 Å². The van der Waals surface area contributed by atoms with Crippen LogP contribution in [-0.2, 0) is 6.54 Å². The van der Waals surface area contributed by atoms with Crippen molar-refractivity contribution >= 4 is 11.3 Å². The highest BCUT2D eigenvalue weighted by Gasteiger charge is 2.04. The molecule has 2 aromatic heterocycles. The van der Waals surface area contributed by atoms with Crippen molar-refractivity contribution in [2.24, 2.45) is 0 Å². The first-order chi connectivity index (χ1) is 6.86. The van der Waals surface area contributed by atoms with Gasteiger partial charge in [-0.05, 0) is 35.4 Å². The van der Waals surface area contributed by atoms with Crippen molar-refractivity contribution in [3.05, 3.63) is 40.3 Å². The van der Waals surface area contributed by atoms with Crippen LogP contribution in [0.2, 0.25) is 0 Å². The zero-order valence-corrected chi connectivity index (χ0v) is 8.84. The normalized spacial score (nSPS) is 12.9. The SMILES string of the molecule is CC(NCc1ccn[nH]1)c1ccsc1. The predicted molar refractivity (Wildman–Crippen MR) is 58.2 cm³/mol. The van der Waals surface area contributed by atoms with Crippen molar-refractivity contribution in [2.75, 3.05) is 0 Å². The highest BCUT2D eigenvalue weighted by molar-refractivity contribution is 7.07. The van der Waals surface area contributed by atoms with E-state index in [1.807, 2.05) is 6.07 Å². The summed E-state index contributed by atoms with van der Waals surface area (Å²) >= 11 is 1.73. The van der Waals surface area contributed by atoms with Gasteiger partial charge in [0.25, 0.3) is 0 Å². The van der Waals surface area contributed by atoms with E-state index in [2.05, 4.69) is 39.3 Å². The van der Waals surface area contributed by atoms with Crippen molar-refractivity contribution < 1.29 is 0 Å². The lowest BCUT2D eigenvalue weighted by Gasteiger charge is -2.10. The fourth-order valence-electron chi connectivity index (χ4n) is 1.29. The Morgan fingerprint density at radius 2 is 2.50 bits per heavy atom. The molecule has 74 valence electrons. The monoisotopic (exact) mass is 207 g/mol. The number of rotatable bonds is 4. The number of H-pyrrole nitrogens is 1. The molecule has 2 heterocycles. The smallest absolute Gasteiger partial charge is 0.0490 e. The van der Waals surface area contributed by atoms with Crippen LogP contribution in [0.25, 0.3) is 0 Å². The number of thiophene rings is 1. The van der Waals surface area contributed by atoms with E-state index in [0.717, 1.165) is 12.2 Å². The molecule has 4 heteroatoms. The molecule has 0 aliphatic heterocycles. The molecule has 0 fully saturated rings. The van der Waals surface area contributed by atoms with E-state index >= 15 is 0 Å². The van der Waals surface area contributed by atoms with Gasteiger partial charge in [0, 0.05) is 24.5 Å². The number of nitrogens with one attached hydrogen (secondary N) is 2. The third-order valence-electron chi connectivity index (χ3n) is 2.20. The Balaban J connectivity index is 1.87. The molecule has 0 bridgehead atoms. The number of hydrogen-bond acceptors (Lipinski definition) is 3. The quantitative estimate of drug-likeness (QED) is 0.807. The second-order valence-corrected chi connectivity index (χ2v) is 4.02. The lowest BCUT2D eigenvalue weighted by molar-refractivity contribution is 0.568. The maximum absolute atomic E-state index is 3.90. The highest BCUT2D eigenvalue weighted by atomic mass is 32.1. The molecule has 0 aromatic carbocycles. The Morgan fingerprint density at radius 3 is 3.14 bits per heavy atom. The van der Waals surface area contributed by atoms with E-state index in [1.165, 1.54) is 5.56 Å². The fourth-order valence-corrected chi connectivity index (χ4v) is 2.04. The number of hydrogen-bond donors (Lipinski definition) is 2. The second-order valence-electron chi connectivity index (χ2n) is 3.24. The van der Waals surface area contributed by atoms with Crippen molar-refractivity contribution in [3.8, 4) is 0 Å². The highest BCUT2D eigenvalue weighted by Crippen LogP contribution is 2.15. The van der Waals surface area contributed by atoms with Crippen molar-refractivity contribution in [2.45, 2.75) is 19.5 Å². The summed E-state index contributed by atoms with van der Waals surface area (Å²) in [6.07, 6.45) is 1.77. The van der Waals surface area contributed by atoms with Gasteiger partial charge in [0.15, 0.2) is 0 Å². The van der Waals surface area contributed by atoms with Crippen LogP contribution in [0.5, 0.6) is 0 Å². The molecule has 0 aliphatic rings. The van der Waals surface area contributed by atoms with Gasteiger partial charge in [-0.15, -0.1) is 0 Å². The van der Waals surface area contributed by atoms with E-state index in [4.69, 9.17) is 0 Å². The van der Waals surface area contributed by atoms with E-state index in [9.17, 15) is 0 Å². The van der Waals surface area contributed by atoms with Crippen LogP contribution in [0.3, 0.4) is 0 Å². The predicted octanol–water partition coefficient (Wildman–Crippen LogP) is 2.32. The summed E-state index contributed by atoms with van der Waals surface area (Å²) < 4.78 is 0. The lowest BCUT2D eigenvalue weighted by Crippen LogP contribution is -2.17. The lowest BCUT2D eigenvalue weighted by atomic mass is 10.2. The van der Waals surface area contributed by atoms with Gasteiger partial charge in [-0.25, -0.2) is 0 Å². The molecular formula is C10H13N3S. The standard InChI is InChI=1S/C10H13N3S/c1-8(9-3-5-14-7-9)11-6-10-2-4-12-13-10/h2-5,7-8,11H,6H2,1H3,(H,12,13). The molecule has 2 N–H and O–H groups in total. The van der Waals surface area contributed by atoms with Crippen LogP contribution in [0, 0.1) is 0 Å². The molecule has 1 atom stereocenters. The minimum absolute atomic E-state index is 0.393. The summed E-state index contributed by atoms with van der Waals surface area (Å²) in [6, 6.07) is 4.52. The minimum Gasteiger partial charge on any atom is -0.305 e. The van der Waals surface area contributed by atoms with Crippen LogP contribution in [0.15, 0.2) is 29.1 Å². The zero-order valence-electron chi connectivity index (χ0n) is 8.03. The van der Waals surface area contributed by atoms with Gasteiger partial charge in [0.2, 0.25) is 0 Å². The molecule has 0 radical (unpaired) electrons. The Kier molecular flexibility index (Phi) is 2.96. The van der Waals surface area contributed by atoms with E-state index in [0.29, 0.717) is 6.04 Å². The van der Waals surface area contributed by atoms with Gasteiger partial charge in [-0.3, -0.25) is 5.10 Å². The van der Waals surface area contributed by atoms with Crippen LogP contribution < -0.4 is 5.32 Å². The van der Waals surface area contributed by atoms with Gasteiger partial charge in [0.1, 0.15) is 0 Å². The van der Waals surface area contributed by atoms with Crippen LogP contribution in [0.1, 0.15) is 24.2 Å². The number of nitrogens with zero attached hydrogens (tertiary/aromatic N) is 1. The molecule has 0 spiro atoms. The Morgan fingerprint density at radius 1 is 1.57 bits per heavy atom. The molecule has 1 unspecified atom stereocenters. The summed E-state index contributed by atoms with van der Waals surface area (Å²) in [5.41, 5.74) is 2.46. The second kappa shape index (κ2) is 4.39. The molecule has 14 heavy (non-hydrogen) atoms. The van der Waals surface area contributed by atoms with Gasteiger partial charge in [0.05, 0.1) is 0 Å². The number of aromatic nitrogens is 2. The van der Waals surface area contributed by atoms with E-state index in [-0.39, 0.29) is 0 Å². The first kappa shape index (κ1) is 9.43. The summed E-state index contributed by atoms with van der Waals surface area (Å²) in [7, 11) is 0. The van der Waals surface area contributed by atoms with E-state index < -0.39 is 0 Å².